The Labute approximate surface area is 101 Å². The van der Waals surface area contributed by atoms with Gasteiger partial charge >= 0.3 is 0 Å². The molecule has 0 aliphatic heterocycles. The first-order chi connectivity index (χ1) is 8.22. The molecule has 2 N–H and O–H groups in total. The summed E-state index contributed by atoms with van der Waals surface area (Å²) in [7, 11) is 0. The molecule has 90 valence electrons. The Kier molecular flexibility index (Phi) is 3.54. The fourth-order valence-electron chi connectivity index (χ4n) is 1.94. The summed E-state index contributed by atoms with van der Waals surface area (Å²) in [4.78, 5) is 4.00. The van der Waals surface area contributed by atoms with Crippen molar-refractivity contribution in [1.82, 2.24) is 14.8 Å². The van der Waals surface area contributed by atoms with Crippen LogP contribution in [0.25, 0.3) is 0 Å². The Balaban J connectivity index is 2.37. The third kappa shape index (κ3) is 2.53. The highest BCUT2D eigenvalue weighted by atomic mass is 15.3. The summed E-state index contributed by atoms with van der Waals surface area (Å²) >= 11 is 0. The molecule has 0 saturated carbocycles. The first-order valence-electron chi connectivity index (χ1n) is 5.88. The fraction of sp³-hybridized carbons (Fsp3) is 0.385. The molecule has 2 rings (SSSR count). The van der Waals surface area contributed by atoms with Crippen LogP contribution in [0.15, 0.2) is 36.9 Å². The van der Waals surface area contributed by atoms with Crippen LogP contribution >= 0.6 is 0 Å². The summed E-state index contributed by atoms with van der Waals surface area (Å²) in [6.45, 7) is 4.16. The zero-order chi connectivity index (χ0) is 12.3. The van der Waals surface area contributed by atoms with Crippen LogP contribution in [0, 0.1) is 6.92 Å². The minimum absolute atomic E-state index is 0.0411. The predicted molar refractivity (Wildman–Crippen MR) is 67.6 cm³/mol. The molecular weight excluding hydrogens is 212 g/mol. The Morgan fingerprint density at radius 1 is 1.29 bits per heavy atom. The summed E-state index contributed by atoms with van der Waals surface area (Å²) in [5, 5.41) is 4.21. The standard InChI is InChI=1S/C13H18N4/c1-3-12(14)13(17-9-15-8-16-17)11-6-4-10(2)5-7-11/h4-9,12-13H,3,14H2,1-2H3/t12-,13-/m1/s1. The molecular formula is C13H18N4. The first-order valence-corrected chi connectivity index (χ1v) is 5.88. The van der Waals surface area contributed by atoms with Gasteiger partial charge in [-0.15, -0.1) is 0 Å². The van der Waals surface area contributed by atoms with Crippen LogP contribution in [0.4, 0.5) is 0 Å². The smallest absolute Gasteiger partial charge is 0.137 e. The van der Waals surface area contributed by atoms with E-state index in [1.54, 1.807) is 12.7 Å². The Morgan fingerprint density at radius 3 is 2.53 bits per heavy atom. The lowest BCUT2D eigenvalue weighted by Crippen LogP contribution is -2.32. The summed E-state index contributed by atoms with van der Waals surface area (Å²) in [5.41, 5.74) is 8.61. The van der Waals surface area contributed by atoms with E-state index in [2.05, 4.69) is 48.2 Å². The van der Waals surface area contributed by atoms with Crippen molar-refractivity contribution >= 4 is 0 Å². The van der Waals surface area contributed by atoms with Gasteiger partial charge in [-0.25, -0.2) is 9.67 Å². The molecule has 4 nitrogen and oxygen atoms in total. The van der Waals surface area contributed by atoms with Gasteiger partial charge in [-0.2, -0.15) is 5.10 Å². The van der Waals surface area contributed by atoms with Crippen LogP contribution in [0.2, 0.25) is 0 Å². The van der Waals surface area contributed by atoms with Crippen molar-refractivity contribution in [3.63, 3.8) is 0 Å². The monoisotopic (exact) mass is 230 g/mol. The molecule has 0 spiro atoms. The quantitative estimate of drug-likeness (QED) is 0.873. The lowest BCUT2D eigenvalue weighted by atomic mass is 9.97. The van der Waals surface area contributed by atoms with Gasteiger partial charge in [0.05, 0.1) is 6.04 Å². The molecule has 0 saturated heterocycles. The molecule has 0 aliphatic carbocycles. The van der Waals surface area contributed by atoms with Crippen molar-refractivity contribution in [2.45, 2.75) is 32.4 Å². The van der Waals surface area contributed by atoms with Gasteiger partial charge in [-0.1, -0.05) is 36.8 Å². The van der Waals surface area contributed by atoms with Gasteiger partial charge in [0.2, 0.25) is 0 Å². The maximum Gasteiger partial charge on any atom is 0.137 e. The Morgan fingerprint density at radius 2 is 2.00 bits per heavy atom. The predicted octanol–water partition coefficient (Wildman–Crippen LogP) is 1.91. The lowest BCUT2D eigenvalue weighted by molar-refractivity contribution is 0.423. The number of aryl methyl sites for hydroxylation is 1. The highest BCUT2D eigenvalue weighted by molar-refractivity contribution is 5.25. The van der Waals surface area contributed by atoms with Crippen molar-refractivity contribution in [2.75, 3.05) is 0 Å². The maximum absolute atomic E-state index is 6.19. The normalized spacial score (nSPS) is 14.5. The summed E-state index contributed by atoms with van der Waals surface area (Å²) in [6, 6.07) is 8.51. The van der Waals surface area contributed by atoms with Gasteiger partial charge in [-0.3, -0.25) is 0 Å². The molecule has 1 aromatic heterocycles. The van der Waals surface area contributed by atoms with Gasteiger partial charge in [0.1, 0.15) is 12.7 Å². The SMILES string of the molecule is CC[C@@H](N)[C@@H](c1ccc(C)cc1)n1cncn1. The molecule has 0 radical (unpaired) electrons. The molecule has 1 aromatic carbocycles. The zero-order valence-corrected chi connectivity index (χ0v) is 10.2. The van der Waals surface area contributed by atoms with E-state index in [1.165, 1.54) is 11.1 Å². The summed E-state index contributed by atoms with van der Waals surface area (Å²) in [6.07, 6.45) is 4.17. The van der Waals surface area contributed by atoms with Gasteiger partial charge in [0.15, 0.2) is 0 Å². The highest BCUT2D eigenvalue weighted by Gasteiger charge is 2.20. The van der Waals surface area contributed by atoms with Crippen LogP contribution in [-0.2, 0) is 0 Å². The summed E-state index contributed by atoms with van der Waals surface area (Å²) in [5.74, 6) is 0. The molecule has 0 unspecified atom stereocenters. The van der Waals surface area contributed by atoms with Crippen LogP contribution in [0.5, 0.6) is 0 Å². The topological polar surface area (TPSA) is 56.7 Å². The molecule has 4 heteroatoms. The van der Waals surface area contributed by atoms with Crippen LogP contribution in [0.3, 0.4) is 0 Å². The number of rotatable bonds is 4. The molecule has 2 atom stereocenters. The highest BCUT2D eigenvalue weighted by Crippen LogP contribution is 2.22. The molecule has 17 heavy (non-hydrogen) atoms. The fourth-order valence-corrected chi connectivity index (χ4v) is 1.94. The van der Waals surface area contributed by atoms with Crippen LogP contribution in [-0.4, -0.2) is 20.8 Å². The van der Waals surface area contributed by atoms with E-state index < -0.39 is 0 Å². The number of hydrogen-bond donors (Lipinski definition) is 1. The molecule has 1 heterocycles. The second-order valence-electron chi connectivity index (χ2n) is 4.30. The Bertz CT molecular complexity index is 447. The van der Waals surface area contributed by atoms with E-state index >= 15 is 0 Å². The van der Waals surface area contributed by atoms with Gasteiger partial charge in [0.25, 0.3) is 0 Å². The average molecular weight is 230 g/mol. The molecule has 0 aliphatic rings. The van der Waals surface area contributed by atoms with Crippen molar-refractivity contribution < 1.29 is 0 Å². The van der Waals surface area contributed by atoms with E-state index in [0.29, 0.717) is 0 Å². The zero-order valence-electron chi connectivity index (χ0n) is 10.2. The third-order valence-electron chi connectivity index (χ3n) is 3.02. The van der Waals surface area contributed by atoms with Crippen molar-refractivity contribution in [1.29, 1.82) is 0 Å². The van der Waals surface area contributed by atoms with Gasteiger partial charge in [-0.05, 0) is 18.9 Å². The summed E-state index contributed by atoms with van der Waals surface area (Å²) < 4.78 is 1.83. The van der Waals surface area contributed by atoms with Gasteiger partial charge < -0.3 is 5.73 Å². The van der Waals surface area contributed by atoms with E-state index in [9.17, 15) is 0 Å². The third-order valence-corrected chi connectivity index (χ3v) is 3.02. The van der Waals surface area contributed by atoms with Crippen molar-refractivity contribution in [3.05, 3.63) is 48.0 Å². The molecule has 2 aromatic rings. The minimum atomic E-state index is 0.0411. The largest absolute Gasteiger partial charge is 0.326 e. The number of aromatic nitrogens is 3. The minimum Gasteiger partial charge on any atom is -0.326 e. The lowest BCUT2D eigenvalue weighted by Gasteiger charge is -2.23. The van der Waals surface area contributed by atoms with E-state index in [4.69, 9.17) is 5.73 Å². The molecule has 0 fully saturated rings. The number of nitrogens with two attached hydrogens (primary N) is 1. The van der Waals surface area contributed by atoms with E-state index in [1.807, 2.05) is 4.68 Å². The second-order valence-corrected chi connectivity index (χ2v) is 4.30. The average Bonchev–Trinajstić information content (AvgIpc) is 2.85. The number of hydrogen-bond acceptors (Lipinski definition) is 3. The number of benzene rings is 1. The second kappa shape index (κ2) is 5.10. The molecule has 0 bridgehead atoms. The van der Waals surface area contributed by atoms with E-state index in [0.717, 1.165) is 6.42 Å². The first kappa shape index (κ1) is 11.8. The molecule has 0 amide bonds. The van der Waals surface area contributed by atoms with Crippen molar-refractivity contribution in [2.24, 2.45) is 5.73 Å². The number of nitrogens with zero attached hydrogens (tertiary/aromatic N) is 3. The van der Waals surface area contributed by atoms with Crippen molar-refractivity contribution in [3.8, 4) is 0 Å². The maximum atomic E-state index is 6.19. The van der Waals surface area contributed by atoms with Gasteiger partial charge in [0, 0.05) is 6.04 Å². The van der Waals surface area contributed by atoms with E-state index in [-0.39, 0.29) is 12.1 Å². The Hall–Kier alpha value is -1.68. The van der Waals surface area contributed by atoms with Crippen LogP contribution in [0.1, 0.15) is 30.5 Å². The van der Waals surface area contributed by atoms with Crippen LogP contribution < -0.4 is 5.73 Å².